The second-order valence-electron chi connectivity index (χ2n) is 1.20. The molecule has 0 aromatic carbocycles. The minimum atomic E-state index is 0.245. The Morgan fingerprint density at radius 1 is 1.71 bits per heavy atom. The third kappa shape index (κ3) is 6.16. The summed E-state index contributed by atoms with van der Waals surface area (Å²) < 4.78 is 0.245. The zero-order valence-corrected chi connectivity index (χ0v) is 5.63. The zero-order valence-electron chi connectivity index (χ0n) is 4.64. The molecule has 2 heteroatoms. The van der Waals surface area contributed by atoms with Crippen molar-refractivity contribution in [2.24, 2.45) is 0 Å². The average molecular weight is 145 g/mol. The third-order valence-electron chi connectivity index (χ3n) is 0.395. The van der Waals surface area contributed by atoms with Gasteiger partial charge >= 0.3 is 49.6 Å². The van der Waals surface area contributed by atoms with Gasteiger partial charge in [-0.15, -0.1) is 0 Å². The first kappa shape index (κ1) is 7.16. The van der Waals surface area contributed by atoms with E-state index in [9.17, 15) is 4.79 Å². The van der Waals surface area contributed by atoms with E-state index < -0.39 is 0 Å². The topological polar surface area (TPSA) is 17.1 Å². The van der Waals surface area contributed by atoms with E-state index in [0.29, 0.717) is 0 Å². The fraction of sp³-hybridized carbons (Fsp3) is 0.800. The molecule has 7 heavy (non-hydrogen) atoms. The van der Waals surface area contributed by atoms with Gasteiger partial charge in [-0.3, -0.25) is 0 Å². The number of hydrogen-bond acceptors (Lipinski definition) is 1. The maximum atomic E-state index is 10.2. The van der Waals surface area contributed by atoms with Crippen LogP contribution in [-0.4, -0.2) is 4.75 Å². The van der Waals surface area contributed by atoms with Crippen molar-refractivity contribution in [3.05, 3.63) is 0 Å². The van der Waals surface area contributed by atoms with E-state index >= 15 is 0 Å². The van der Waals surface area contributed by atoms with Gasteiger partial charge in [0.1, 0.15) is 0 Å². The molecule has 0 spiro atoms. The SMILES string of the molecule is CC[CH2][Ni][C](C)=O. The fourth-order valence-corrected chi connectivity index (χ4v) is 0.785. The van der Waals surface area contributed by atoms with Crippen LogP contribution in [0.5, 0.6) is 0 Å². The van der Waals surface area contributed by atoms with Gasteiger partial charge in [-0.1, -0.05) is 0 Å². The second kappa shape index (κ2) is 4.33. The number of carbonyl (C=O) groups is 1. The number of hydrogen-bond donors (Lipinski definition) is 0. The first-order valence-corrected chi connectivity index (χ1v) is 3.49. The summed E-state index contributed by atoms with van der Waals surface area (Å²) in [5.41, 5.74) is 0. The van der Waals surface area contributed by atoms with Crippen LogP contribution in [0.25, 0.3) is 0 Å². The van der Waals surface area contributed by atoms with Gasteiger partial charge in [0.2, 0.25) is 0 Å². The van der Waals surface area contributed by atoms with Crippen LogP contribution in [0.2, 0.25) is 5.39 Å². The van der Waals surface area contributed by atoms with Gasteiger partial charge in [0.25, 0.3) is 0 Å². The molecule has 0 rings (SSSR count). The van der Waals surface area contributed by atoms with Crippen LogP contribution in [0.3, 0.4) is 0 Å². The van der Waals surface area contributed by atoms with Gasteiger partial charge in [-0.25, -0.2) is 0 Å². The molecule has 0 amide bonds. The Balaban J connectivity index is 2.82. The molecule has 0 fully saturated rings. The standard InChI is InChI=1S/C3H7.C2H3O.Ni/c1-3-2;1-2-3;/h1,3H2,2H3;1H3;. The quantitative estimate of drug-likeness (QED) is 0.549. The molecule has 0 aromatic rings. The Hall–Kier alpha value is 0.164. The summed E-state index contributed by atoms with van der Waals surface area (Å²) in [6, 6.07) is 0. The number of carbonyl (C=O) groups excluding carboxylic acids is 1. The molecule has 0 aromatic heterocycles. The molecule has 0 bridgehead atoms. The predicted octanol–water partition coefficient (Wildman–Crippen LogP) is 1.44. The Bertz CT molecular complexity index is 61.1. The van der Waals surface area contributed by atoms with Crippen molar-refractivity contribution < 1.29 is 19.2 Å². The first-order valence-electron chi connectivity index (χ1n) is 2.29. The van der Waals surface area contributed by atoms with Crippen molar-refractivity contribution in [1.82, 2.24) is 0 Å². The Kier molecular flexibility index (Phi) is 4.43. The Labute approximate surface area is 50.3 Å². The van der Waals surface area contributed by atoms with Crippen LogP contribution >= 0.6 is 0 Å². The second-order valence-corrected chi connectivity index (χ2v) is 2.74. The van der Waals surface area contributed by atoms with E-state index in [1.54, 1.807) is 6.92 Å². The molecule has 0 atom stereocenters. The minimum absolute atomic E-state index is 0.245. The molecule has 1 nitrogen and oxygen atoms in total. The maximum absolute atomic E-state index is 10.2. The van der Waals surface area contributed by atoms with E-state index in [1.807, 2.05) is 0 Å². The van der Waals surface area contributed by atoms with Crippen molar-refractivity contribution in [3.63, 3.8) is 0 Å². The Morgan fingerprint density at radius 3 is 2.43 bits per heavy atom. The molecule has 0 radical (unpaired) electrons. The van der Waals surface area contributed by atoms with Crippen molar-refractivity contribution in [2.45, 2.75) is 25.7 Å². The van der Waals surface area contributed by atoms with Gasteiger partial charge in [-0.05, 0) is 0 Å². The molecular weight excluding hydrogens is 135 g/mol. The normalized spacial score (nSPS) is 9.43. The average Bonchev–Trinajstić information content (AvgIpc) is 1.61. The predicted molar refractivity (Wildman–Crippen MR) is 25.8 cm³/mol. The van der Waals surface area contributed by atoms with E-state index in [1.165, 1.54) is 14.4 Å². The van der Waals surface area contributed by atoms with Crippen molar-refractivity contribution in [1.29, 1.82) is 0 Å². The molecule has 0 unspecified atom stereocenters. The van der Waals surface area contributed by atoms with Crippen LogP contribution in [0.15, 0.2) is 0 Å². The van der Waals surface area contributed by atoms with E-state index in [4.69, 9.17) is 0 Å². The van der Waals surface area contributed by atoms with Crippen LogP contribution in [0.1, 0.15) is 20.3 Å². The van der Waals surface area contributed by atoms with Gasteiger partial charge in [-0.2, -0.15) is 0 Å². The van der Waals surface area contributed by atoms with Crippen LogP contribution in [-0.2, 0) is 19.2 Å². The molecule has 0 N–H and O–H groups in total. The van der Waals surface area contributed by atoms with Gasteiger partial charge in [0.05, 0.1) is 0 Å². The summed E-state index contributed by atoms with van der Waals surface area (Å²) in [4.78, 5) is 10.2. The molecule has 0 saturated heterocycles. The van der Waals surface area contributed by atoms with E-state index in [2.05, 4.69) is 6.92 Å². The molecular formula is C5H10NiO. The van der Waals surface area contributed by atoms with E-state index in [-0.39, 0.29) is 4.75 Å². The van der Waals surface area contributed by atoms with Crippen molar-refractivity contribution >= 4 is 4.75 Å². The van der Waals surface area contributed by atoms with Crippen LogP contribution in [0.4, 0.5) is 0 Å². The molecule has 0 aliphatic heterocycles. The van der Waals surface area contributed by atoms with Crippen molar-refractivity contribution in [2.75, 3.05) is 0 Å². The molecule has 0 saturated carbocycles. The molecule has 46 valence electrons. The summed E-state index contributed by atoms with van der Waals surface area (Å²) in [6.45, 7) is 3.68. The zero-order chi connectivity index (χ0) is 5.70. The molecule has 0 aliphatic rings. The Morgan fingerprint density at radius 2 is 2.29 bits per heavy atom. The fourth-order valence-electron chi connectivity index (χ4n) is 0.190. The first-order chi connectivity index (χ1) is 3.27. The van der Waals surface area contributed by atoms with Gasteiger partial charge in [0.15, 0.2) is 0 Å². The van der Waals surface area contributed by atoms with Crippen LogP contribution in [0, 0.1) is 0 Å². The van der Waals surface area contributed by atoms with E-state index in [0.717, 1.165) is 11.8 Å². The summed E-state index contributed by atoms with van der Waals surface area (Å²) in [5.74, 6) is 0. The molecule has 0 heterocycles. The van der Waals surface area contributed by atoms with Crippen molar-refractivity contribution in [3.8, 4) is 0 Å². The summed E-state index contributed by atoms with van der Waals surface area (Å²) in [5, 5.41) is 0.988. The number of rotatable bonds is 3. The van der Waals surface area contributed by atoms with Crippen LogP contribution < -0.4 is 0 Å². The van der Waals surface area contributed by atoms with Gasteiger partial charge < -0.3 is 0 Å². The summed E-state index contributed by atoms with van der Waals surface area (Å²) in [7, 11) is 0. The monoisotopic (exact) mass is 144 g/mol. The summed E-state index contributed by atoms with van der Waals surface area (Å²) in [6.07, 6.45) is 1.10. The molecule has 0 aliphatic carbocycles. The summed E-state index contributed by atoms with van der Waals surface area (Å²) >= 11 is 1.23. The third-order valence-corrected chi connectivity index (χ3v) is 1.63. The van der Waals surface area contributed by atoms with Gasteiger partial charge in [0, 0.05) is 0 Å².